The minimum Gasteiger partial charge on any atom is -0.496 e. The van der Waals surface area contributed by atoms with Crippen molar-refractivity contribution in [3.8, 4) is 5.75 Å². The number of halogens is 1. The molecule has 1 saturated carbocycles. The van der Waals surface area contributed by atoms with Gasteiger partial charge < -0.3 is 10.1 Å². The molecule has 0 amide bonds. The SMILES string of the molecule is COc1ccc(C)cc1CNC1(CCl)CCCCC1. The summed E-state index contributed by atoms with van der Waals surface area (Å²) in [5, 5.41) is 3.69. The summed E-state index contributed by atoms with van der Waals surface area (Å²) in [6, 6.07) is 6.32. The average molecular weight is 282 g/mol. The van der Waals surface area contributed by atoms with Crippen molar-refractivity contribution >= 4 is 11.6 Å². The second-order valence-corrected chi connectivity index (χ2v) is 5.91. The molecule has 1 fully saturated rings. The van der Waals surface area contributed by atoms with Gasteiger partial charge in [0.25, 0.3) is 0 Å². The first-order valence-electron chi connectivity index (χ1n) is 7.14. The largest absolute Gasteiger partial charge is 0.496 e. The lowest BCUT2D eigenvalue weighted by Gasteiger charge is -2.37. The molecule has 1 aromatic rings. The van der Waals surface area contributed by atoms with E-state index in [0.29, 0.717) is 5.88 Å². The first-order chi connectivity index (χ1) is 9.19. The van der Waals surface area contributed by atoms with E-state index in [4.69, 9.17) is 16.3 Å². The van der Waals surface area contributed by atoms with Crippen LogP contribution in [0.2, 0.25) is 0 Å². The molecule has 2 nitrogen and oxygen atoms in total. The van der Waals surface area contributed by atoms with E-state index >= 15 is 0 Å². The summed E-state index contributed by atoms with van der Waals surface area (Å²) in [5.74, 6) is 1.65. The molecule has 1 aliphatic rings. The number of alkyl halides is 1. The van der Waals surface area contributed by atoms with Gasteiger partial charge in [-0.25, -0.2) is 0 Å². The molecule has 0 aromatic heterocycles. The number of ether oxygens (including phenoxy) is 1. The molecule has 0 atom stereocenters. The fourth-order valence-corrected chi connectivity index (χ4v) is 3.28. The Morgan fingerprint density at radius 3 is 2.63 bits per heavy atom. The molecule has 1 aromatic carbocycles. The molecule has 0 heterocycles. The highest BCUT2D eigenvalue weighted by Gasteiger charge is 2.30. The lowest BCUT2D eigenvalue weighted by atomic mass is 9.83. The zero-order valence-corrected chi connectivity index (χ0v) is 12.7. The van der Waals surface area contributed by atoms with Crippen molar-refractivity contribution in [1.29, 1.82) is 0 Å². The van der Waals surface area contributed by atoms with Gasteiger partial charge in [-0.15, -0.1) is 11.6 Å². The van der Waals surface area contributed by atoms with E-state index in [9.17, 15) is 0 Å². The van der Waals surface area contributed by atoms with Crippen LogP contribution >= 0.6 is 11.6 Å². The third-order valence-corrected chi connectivity index (χ3v) is 4.67. The van der Waals surface area contributed by atoms with E-state index in [-0.39, 0.29) is 5.54 Å². The van der Waals surface area contributed by atoms with E-state index in [1.807, 2.05) is 6.07 Å². The summed E-state index contributed by atoms with van der Waals surface area (Å²) < 4.78 is 5.43. The van der Waals surface area contributed by atoms with Crippen LogP contribution in [0.4, 0.5) is 0 Å². The van der Waals surface area contributed by atoms with Crippen LogP contribution in [-0.4, -0.2) is 18.5 Å². The van der Waals surface area contributed by atoms with Gasteiger partial charge in [0.15, 0.2) is 0 Å². The molecule has 0 aliphatic heterocycles. The Morgan fingerprint density at radius 1 is 1.26 bits per heavy atom. The Morgan fingerprint density at radius 2 is 2.00 bits per heavy atom. The minimum absolute atomic E-state index is 0.120. The molecule has 3 heteroatoms. The van der Waals surface area contributed by atoms with Crippen molar-refractivity contribution in [2.24, 2.45) is 0 Å². The Bertz CT molecular complexity index is 413. The molecule has 0 saturated heterocycles. The molecular weight excluding hydrogens is 258 g/mol. The van der Waals surface area contributed by atoms with Gasteiger partial charge in [0.05, 0.1) is 7.11 Å². The van der Waals surface area contributed by atoms with Crippen molar-refractivity contribution in [1.82, 2.24) is 5.32 Å². The van der Waals surface area contributed by atoms with Crippen molar-refractivity contribution in [3.05, 3.63) is 29.3 Å². The minimum atomic E-state index is 0.120. The maximum atomic E-state index is 6.21. The van der Waals surface area contributed by atoms with Crippen molar-refractivity contribution in [3.63, 3.8) is 0 Å². The second-order valence-electron chi connectivity index (χ2n) is 5.64. The standard InChI is InChI=1S/C16H24ClNO/c1-13-6-7-15(19-2)14(10-13)11-18-16(12-17)8-4-3-5-9-16/h6-7,10,18H,3-5,8-9,11-12H2,1-2H3. The average Bonchev–Trinajstić information content (AvgIpc) is 2.46. The van der Waals surface area contributed by atoms with E-state index in [2.05, 4.69) is 24.4 Å². The molecule has 106 valence electrons. The van der Waals surface area contributed by atoms with Crippen LogP contribution in [-0.2, 0) is 6.54 Å². The highest BCUT2D eigenvalue weighted by molar-refractivity contribution is 6.18. The fraction of sp³-hybridized carbons (Fsp3) is 0.625. The van der Waals surface area contributed by atoms with E-state index in [1.165, 1.54) is 43.2 Å². The summed E-state index contributed by atoms with van der Waals surface area (Å²) in [6.45, 7) is 2.94. The lowest BCUT2D eigenvalue weighted by molar-refractivity contribution is 0.255. The van der Waals surface area contributed by atoms with Crippen molar-refractivity contribution < 1.29 is 4.74 Å². The Hall–Kier alpha value is -0.730. The molecule has 1 aliphatic carbocycles. The van der Waals surface area contributed by atoms with Gasteiger partial charge >= 0.3 is 0 Å². The number of aryl methyl sites for hydroxylation is 1. The highest BCUT2D eigenvalue weighted by atomic mass is 35.5. The summed E-state index contributed by atoms with van der Waals surface area (Å²) in [4.78, 5) is 0. The number of nitrogens with one attached hydrogen (secondary N) is 1. The zero-order valence-electron chi connectivity index (χ0n) is 12.0. The van der Waals surface area contributed by atoms with Gasteiger partial charge in [-0.2, -0.15) is 0 Å². The predicted molar refractivity (Wildman–Crippen MR) is 81.1 cm³/mol. The first-order valence-corrected chi connectivity index (χ1v) is 7.67. The van der Waals surface area contributed by atoms with Crippen LogP contribution < -0.4 is 10.1 Å². The van der Waals surface area contributed by atoms with Gasteiger partial charge in [0, 0.05) is 23.5 Å². The third-order valence-electron chi connectivity index (χ3n) is 4.16. The summed E-state index contributed by atoms with van der Waals surface area (Å²) >= 11 is 6.21. The molecule has 1 N–H and O–H groups in total. The summed E-state index contributed by atoms with van der Waals surface area (Å²) in [7, 11) is 1.73. The smallest absolute Gasteiger partial charge is 0.123 e. The van der Waals surface area contributed by atoms with E-state index in [1.54, 1.807) is 7.11 Å². The van der Waals surface area contributed by atoms with E-state index < -0.39 is 0 Å². The molecule has 2 rings (SSSR count). The summed E-state index contributed by atoms with van der Waals surface area (Å²) in [5.41, 5.74) is 2.60. The zero-order chi connectivity index (χ0) is 13.7. The number of rotatable bonds is 5. The maximum absolute atomic E-state index is 6.21. The van der Waals surface area contributed by atoms with Crippen molar-refractivity contribution in [2.75, 3.05) is 13.0 Å². The number of hydrogen-bond donors (Lipinski definition) is 1. The fourth-order valence-electron chi connectivity index (χ4n) is 2.91. The summed E-state index contributed by atoms with van der Waals surface area (Å²) in [6.07, 6.45) is 6.28. The van der Waals surface area contributed by atoms with Crippen LogP contribution in [0.15, 0.2) is 18.2 Å². The predicted octanol–water partition coefficient (Wildman–Crippen LogP) is 4.03. The van der Waals surface area contributed by atoms with Gasteiger partial charge in [-0.3, -0.25) is 0 Å². The third kappa shape index (κ3) is 3.64. The van der Waals surface area contributed by atoms with E-state index in [0.717, 1.165) is 12.3 Å². The second kappa shape index (κ2) is 6.62. The lowest BCUT2D eigenvalue weighted by Crippen LogP contribution is -2.48. The van der Waals surface area contributed by atoms with Gasteiger partial charge in [-0.1, -0.05) is 37.0 Å². The normalized spacial score (nSPS) is 18.3. The van der Waals surface area contributed by atoms with Crippen LogP contribution in [0.25, 0.3) is 0 Å². The monoisotopic (exact) mass is 281 g/mol. The first kappa shape index (κ1) is 14.7. The van der Waals surface area contributed by atoms with Gasteiger partial charge in [-0.05, 0) is 25.8 Å². The molecular formula is C16H24ClNO. The van der Waals surface area contributed by atoms with Crippen LogP contribution in [0.3, 0.4) is 0 Å². The molecule has 0 unspecified atom stereocenters. The topological polar surface area (TPSA) is 21.3 Å². The number of benzene rings is 1. The van der Waals surface area contributed by atoms with Gasteiger partial charge in [0.2, 0.25) is 0 Å². The molecule has 0 radical (unpaired) electrons. The van der Waals surface area contributed by atoms with Crippen LogP contribution in [0, 0.1) is 6.92 Å². The van der Waals surface area contributed by atoms with Crippen molar-refractivity contribution in [2.45, 2.75) is 51.1 Å². The Kier molecular flexibility index (Phi) is 5.12. The highest BCUT2D eigenvalue weighted by Crippen LogP contribution is 2.30. The molecule has 0 spiro atoms. The quantitative estimate of drug-likeness (QED) is 0.823. The molecule has 0 bridgehead atoms. The van der Waals surface area contributed by atoms with Crippen LogP contribution in [0.5, 0.6) is 5.75 Å². The number of hydrogen-bond acceptors (Lipinski definition) is 2. The molecule has 19 heavy (non-hydrogen) atoms. The Balaban J connectivity index is 2.06. The van der Waals surface area contributed by atoms with Crippen LogP contribution in [0.1, 0.15) is 43.2 Å². The Labute approximate surface area is 121 Å². The maximum Gasteiger partial charge on any atom is 0.123 e. The van der Waals surface area contributed by atoms with Gasteiger partial charge in [0.1, 0.15) is 5.75 Å². The number of methoxy groups -OCH3 is 1.